The lowest BCUT2D eigenvalue weighted by atomic mass is 9.74. The van der Waals surface area contributed by atoms with Crippen molar-refractivity contribution in [3.63, 3.8) is 0 Å². The Bertz CT molecular complexity index is 639. The first-order valence-electron chi connectivity index (χ1n) is 7.45. The van der Waals surface area contributed by atoms with Crippen LogP contribution in [0.2, 0.25) is 10.0 Å². The quantitative estimate of drug-likeness (QED) is 0.780. The number of rotatable bonds is 5. The van der Waals surface area contributed by atoms with Gasteiger partial charge in [0.25, 0.3) is 0 Å². The van der Waals surface area contributed by atoms with Crippen molar-refractivity contribution in [3.8, 4) is 0 Å². The highest BCUT2D eigenvalue weighted by molar-refractivity contribution is 6.42. The fourth-order valence-electron chi connectivity index (χ4n) is 3.17. The van der Waals surface area contributed by atoms with Gasteiger partial charge in [0.15, 0.2) is 0 Å². The van der Waals surface area contributed by atoms with Gasteiger partial charge in [-0.1, -0.05) is 60.5 Å². The first-order chi connectivity index (χ1) is 10.2. The van der Waals surface area contributed by atoms with Gasteiger partial charge >= 0.3 is 0 Å². The van der Waals surface area contributed by atoms with Crippen LogP contribution in [0.15, 0.2) is 42.5 Å². The molecule has 0 aliphatic heterocycles. The third-order valence-corrected chi connectivity index (χ3v) is 5.02. The molecule has 0 saturated heterocycles. The molecule has 2 aromatic rings. The Morgan fingerprint density at radius 2 is 1.95 bits per heavy atom. The molecule has 2 unspecified atom stereocenters. The van der Waals surface area contributed by atoms with E-state index < -0.39 is 0 Å². The molecule has 0 fully saturated rings. The van der Waals surface area contributed by atoms with Crippen LogP contribution in [0.25, 0.3) is 0 Å². The third-order valence-electron chi connectivity index (χ3n) is 4.28. The van der Waals surface area contributed by atoms with Gasteiger partial charge in [0, 0.05) is 6.04 Å². The zero-order chi connectivity index (χ0) is 14.8. The first-order valence-corrected chi connectivity index (χ1v) is 8.20. The van der Waals surface area contributed by atoms with Crippen LogP contribution < -0.4 is 5.32 Å². The number of fused-ring (bicyclic) bond motifs is 1. The van der Waals surface area contributed by atoms with Crippen molar-refractivity contribution in [2.45, 2.75) is 31.7 Å². The molecule has 1 aliphatic rings. The lowest BCUT2D eigenvalue weighted by Gasteiger charge is -2.33. The highest BCUT2D eigenvalue weighted by Crippen LogP contribution is 2.41. The summed E-state index contributed by atoms with van der Waals surface area (Å²) < 4.78 is 0. The van der Waals surface area contributed by atoms with Gasteiger partial charge in [-0.05, 0) is 54.1 Å². The number of halogens is 2. The second-order valence-corrected chi connectivity index (χ2v) is 6.43. The molecule has 21 heavy (non-hydrogen) atoms. The van der Waals surface area contributed by atoms with Gasteiger partial charge in [0.2, 0.25) is 0 Å². The smallest absolute Gasteiger partial charge is 0.0595 e. The molecule has 2 aromatic carbocycles. The second-order valence-electron chi connectivity index (χ2n) is 5.62. The van der Waals surface area contributed by atoms with Gasteiger partial charge in [-0.2, -0.15) is 0 Å². The lowest BCUT2D eigenvalue weighted by molar-refractivity contribution is 0.436. The second kappa shape index (κ2) is 6.39. The molecular formula is C18H19Cl2N. The topological polar surface area (TPSA) is 12.0 Å². The molecule has 0 aromatic heterocycles. The van der Waals surface area contributed by atoms with Crippen molar-refractivity contribution in [3.05, 3.63) is 69.2 Å². The standard InChI is InChI=1S/C18H19Cl2N/c1-2-21-18(13-7-8-16(19)17(20)10-13)11-14-9-12-5-3-4-6-15(12)14/h3-8,10,14,18,21H,2,9,11H2,1H3. The van der Waals surface area contributed by atoms with Crippen molar-refractivity contribution in [2.24, 2.45) is 0 Å². The average molecular weight is 320 g/mol. The number of hydrogen-bond donors (Lipinski definition) is 1. The van der Waals surface area contributed by atoms with Crippen LogP contribution in [0.4, 0.5) is 0 Å². The van der Waals surface area contributed by atoms with Gasteiger partial charge in [0.05, 0.1) is 10.0 Å². The summed E-state index contributed by atoms with van der Waals surface area (Å²) in [7, 11) is 0. The van der Waals surface area contributed by atoms with Crippen molar-refractivity contribution in [2.75, 3.05) is 6.54 Å². The Morgan fingerprint density at radius 1 is 1.14 bits per heavy atom. The predicted octanol–water partition coefficient (Wildman–Crippen LogP) is 5.37. The van der Waals surface area contributed by atoms with E-state index in [0.717, 1.165) is 13.0 Å². The van der Waals surface area contributed by atoms with Crippen LogP contribution in [-0.4, -0.2) is 6.54 Å². The maximum absolute atomic E-state index is 6.16. The summed E-state index contributed by atoms with van der Waals surface area (Å²) in [4.78, 5) is 0. The molecular weight excluding hydrogens is 301 g/mol. The molecule has 1 N–H and O–H groups in total. The zero-order valence-corrected chi connectivity index (χ0v) is 13.6. The van der Waals surface area contributed by atoms with Crippen molar-refractivity contribution >= 4 is 23.2 Å². The summed E-state index contributed by atoms with van der Waals surface area (Å²) in [5.74, 6) is 0.639. The maximum atomic E-state index is 6.16. The number of benzene rings is 2. The van der Waals surface area contributed by atoms with Gasteiger partial charge < -0.3 is 5.32 Å². The highest BCUT2D eigenvalue weighted by atomic mass is 35.5. The molecule has 1 nitrogen and oxygen atoms in total. The SMILES string of the molecule is CCNC(CC1Cc2ccccc21)c1ccc(Cl)c(Cl)c1. The zero-order valence-electron chi connectivity index (χ0n) is 12.1. The summed E-state index contributed by atoms with van der Waals surface area (Å²) in [5.41, 5.74) is 4.21. The minimum absolute atomic E-state index is 0.322. The van der Waals surface area contributed by atoms with E-state index in [4.69, 9.17) is 23.2 Å². The summed E-state index contributed by atoms with van der Waals surface area (Å²) in [6.07, 6.45) is 2.28. The minimum Gasteiger partial charge on any atom is -0.310 e. The van der Waals surface area contributed by atoms with E-state index in [1.54, 1.807) is 0 Å². The normalized spacial score (nSPS) is 18.0. The number of hydrogen-bond acceptors (Lipinski definition) is 1. The molecule has 3 heteroatoms. The van der Waals surface area contributed by atoms with Crippen molar-refractivity contribution < 1.29 is 0 Å². The molecule has 110 valence electrons. The van der Waals surface area contributed by atoms with Gasteiger partial charge in [-0.15, -0.1) is 0 Å². The lowest BCUT2D eigenvalue weighted by Crippen LogP contribution is -2.27. The Kier molecular flexibility index (Phi) is 4.54. The van der Waals surface area contributed by atoms with Crippen LogP contribution in [0.3, 0.4) is 0 Å². The van der Waals surface area contributed by atoms with Gasteiger partial charge in [0.1, 0.15) is 0 Å². The van der Waals surface area contributed by atoms with E-state index in [9.17, 15) is 0 Å². The van der Waals surface area contributed by atoms with Crippen LogP contribution in [0.5, 0.6) is 0 Å². The highest BCUT2D eigenvalue weighted by Gasteiger charge is 2.28. The Balaban J connectivity index is 1.78. The molecule has 0 amide bonds. The van der Waals surface area contributed by atoms with Crippen LogP contribution in [-0.2, 0) is 6.42 Å². The van der Waals surface area contributed by atoms with E-state index in [1.807, 2.05) is 12.1 Å². The first kappa shape index (κ1) is 14.9. The van der Waals surface area contributed by atoms with Gasteiger partial charge in [-0.3, -0.25) is 0 Å². The maximum Gasteiger partial charge on any atom is 0.0595 e. The predicted molar refractivity (Wildman–Crippen MR) is 90.4 cm³/mol. The molecule has 2 atom stereocenters. The van der Waals surface area contributed by atoms with Crippen LogP contribution in [0, 0.1) is 0 Å². The molecule has 3 rings (SSSR count). The van der Waals surface area contributed by atoms with E-state index >= 15 is 0 Å². The monoisotopic (exact) mass is 319 g/mol. The van der Waals surface area contributed by atoms with E-state index in [0.29, 0.717) is 22.0 Å². The molecule has 0 radical (unpaired) electrons. The van der Waals surface area contributed by atoms with Crippen LogP contribution >= 0.6 is 23.2 Å². The minimum atomic E-state index is 0.322. The van der Waals surface area contributed by atoms with E-state index in [-0.39, 0.29) is 0 Å². The van der Waals surface area contributed by atoms with Gasteiger partial charge in [-0.25, -0.2) is 0 Å². The molecule has 0 bridgehead atoms. The molecule has 0 saturated carbocycles. The Labute approximate surface area is 136 Å². The van der Waals surface area contributed by atoms with E-state index in [1.165, 1.54) is 23.1 Å². The number of nitrogens with one attached hydrogen (secondary N) is 1. The summed E-state index contributed by atoms with van der Waals surface area (Å²) in [6.45, 7) is 3.08. The largest absolute Gasteiger partial charge is 0.310 e. The Hall–Kier alpha value is -1.02. The third kappa shape index (κ3) is 3.11. The fourth-order valence-corrected chi connectivity index (χ4v) is 3.48. The van der Waals surface area contributed by atoms with E-state index in [2.05, 4.69) is 42.6 Å². The average Bonchev–Trinajstić information content (AvgIpc) is 2.46. The summed E-state index contributed by atoms with van der Waals surface area (Å²) in [6, 6.07) is 15.0. The van der Waals surface area contributed by atoms with Crippen molar-refractivity contribution in [1.82, 2.24) is 5.32 Å². The molecule has 0 spiro atoms. The van der Waals surface area contributed by atoms with Crippen LogP contribution in [0.1, 0.15) is 42.0 Å². The summed E-state index contributed by atoms with van der Waals surface area (Å²) in [5, 5.41) is 4.82. The van der Waals surface area contributed by atoms with Crippen molar-refractivity contribution in [1.29, 1.82) is 0 Å². The summed E-state index contributed by atoms with van der Waals surface area (Å²) >= 11 is 12.2. The Morgan fingerprint density at radius 3 is 2.67 bits per heavy atom. The fraction of sp³-hybridized carbons (Fsp3) is 0.333. The molecule has 0 heterocycles. The molecule has 1 aliphatic carbocycles.